The second-order valence-electron chi connectivity index (χ2n) is 8.23. The number of aliphatic hydroxyl groups is 1. The van der Waals surface area contributed by atoms with Crippen molar-refractivity contribution < 1.29 is 23.8 Å². The third-order valence-electron chi connectivity index (χ3n) is 5.38. The average molecular weight is 432 g/mol. The highest BCUT2D eigenvalue weighted by Gasteiger charge is 2.35. The number of carbonyl (C=O) groups excluding carboxylic acids is 2. The molecule has 0 spiro atoms. The van der Waals surface area contributed by atoms with Gasteiger partial charge in [0.2, 0.25) is 5.91 Å². The van der Waals surface area contributed by atoms with Gasteiger partial charge in [0.05, 0.1) is 6.61 Å². The van der Waals surface area contributed by atoms with E-state index in [1.807, 2.05) is 6.92 Å². The van der Waals surface area contributed by atoms with E-state index in [1.165, 1.54) is 51.4 Å². The molecule has 0 radical (unpaired) electrons. The molecule has 2 N–H and O–H groups in total. The van der Waals surface area contributed by atoms with E-state index in [-0.39, 0.29) is 25.4 Å². The first-order valence-corrected chi connectivity index (χ1v) is 12.3. The van der Waals surface area contributed by atoms with Gasteiger partial charge in [-0.05, 0) is 19.8 Å². The second kappa shape index (κ2) is 19.8. The Morgan fingerprint density at radius 3 is 1.80 bits per heavy atom. The Morgan fingerprint density at radius 1 is 0.833 bits per heavy atom. The second-order valence-corrected chi connectivity index (χ2v) is 8.23. The van der Waals surface area contributed by atoms with Crippen molar-refractivity contribution in [2.45, 2.75) is 135 Å². The summed E-state index contributed by atoms with van der Waals surface area (Å²) < 4.78 is 19.4. The Labute approximate surface area is 183 Å². The van der Waals surface area contributed by atoms with Crippen molar-refractivity contribution in [3.05, 3.63) is 0 Å². The molecule has 3 atom stereocenters. The fourth-order valence-corrected chi connectivity index (χ4v) is 3.55. The van der Waals surface area contributed by atoms with Gasteiger partial charge in [0.25, 0.3) is 0 Å². The van der Waals surface area contributed by atoms with E-state index in [4.69, 9.17) is 4.74 Å². The number of halogens is 1. The smallest absolute Gasteiger partial charge is 0.331 e. The minimum Gasteiger partial charge on any atom is -0.464 e. The molecule has 0 fully saturated rings. The molecule has 0 saturated carbocycles. The third kappa shape index (κ3) is 14.8. The predicted molar refractivity (Wildman–Crippen MR) is 120 cm³/mol. The Morgan fingerprint density at radius 2 is 1.33 bits per heavy atom. The van der Waals surface area contributed by atoms with Crippen molar-refractivity contribution >= 4 is 11.9 Å². The van der Waals surface area contributed by atoms with Crippen LogP contribution in [0.15, 0.2) is 0 Å². The van der Waals surface area contributed by atoms with Crippen molar-refractivity contribution in [2.24, 2.45) is 0 Å². The molecule has 0 aliphatic heterocycles. The van der Waals surface area contributed by atoms with Gasteiger partial charge < -0.3 is 15.2 Å². The average Bonchev–Trinajstić information content (AvgIpc) is 2.72. The highest BCUT2D eigenvalue weighted by Crippen LogP contribution is 2.17. The number of aliphatic hydroxyl groups excluding tert-OH is 1. The van der Waals surface area contributed by atoms with Crippen LogP contribution in [0.3, 0.4) is 0 Å². The molecule has 30 heavy (non-hydrogen) atoms. The highest BCUT2D eigenvalue weighted by molar-refractivity contribution is 5.85. The van der Waals surface area contributed by atoms with Gasteiger partial charge >= 0.3 is 5.97 Å². The summed E-state index contributed by atoms with van der Waals surface area (Å²) in [4.78, 5) is 23.9. The monoisotopic (exact) mass is 431 g/mol. The van der Waals surface area contributed by atoms with Gasteiger partial charge in [0.15, 0.2) is 6.04 Å². The van der Waals surface area contributed by atoms with Gasteiger partial charge in [-0.25, -0.2) is 9.18 Å². The predicted octanol–water partition coefficient (Wildman–Crippen LogP) is 5.62. The fourth-order valence-electron chi connectivity index (χ4n) is 3.55. The van der Waals surface area contributed by atoms with Crippen LogP contribution in [0.2, 0.25) is 0 Å². The van der Waals surface area contributed by atoms with Gasteiger partial charge in [0.1, 0.15) is 12.3 Å². The van der Waals surface area contributed by atoms with E-state index >= 15 is 0 Å². The number of hydrogen-bond donors (Lipinski definition) is 2. The van der Waals surface area contributed by atoms with Gasteiger partial charge in [-0.1, -0.05) is 90.9 Å². The van der Waals surface area contributed by atoms with Crippen LogP contribution in [-0.2, 0) is 14.3 Å². The third-order valence-corrected chi connectivity index (χ3v) is 5.38. The van der Waals surface area contributed by atoms with Crippen molar-refractivity contribution in [1.29, 1.82) is 0 Å². The summed E-state index contributed by atoms with van der Waals surface area (Å²) >= 11 is 0. The number of ether oxygens (including phenoxy) is 1. The summed E-state index contributed by atoms with van der Waals surface area (Å²) in [6, 6.07) is -1.35. The van der Waals surface area contributed by atoms with Crippen molar-refractivity contribution in [1.82, 2.24) is 5.32 Å². The zero-order valence-corrected chi connectivity index (χ0v) is 19.6. The minimum atomic E-state index is -1.59. The van der Waals surface area contributed by atoms with Crippen LogP contribution in [0.5, 0.6) is 0 Å². The van der Waals surface area contributed by atoms with E-state index in [0.29, 0.717) is 12.8 Å². The number of rotatable bonds is 20. The fraction of sp³-hybridized carbons (Fsp3) is 0.917. The van der Waals surface area contributed by atoms with E-state index in [1.54, 1.807) is 6.92 Å². The first kappa shape index (κ1) is 28.8. The van der Waals surface area contributed by atoms with Gasteiger partial charge in [-0.15, -0.1) is 0 Å². The van der Waals surface area contributed by atoms with Crippen LogP contribution in [0, 0.1) is 0 Å². The first-order chi connectivity index (χ1) is 14.5. The topological polar surface area (TPSA) is 75.6 Å². The lowest BCUT2D eigenvalue weighted by atomic mass is 9.99. The highest BCUT2D eigenvalue weighted by atomic mass is 19.1. The summed E-state index contributed by atoms with van der Waals surface area (Å²) in [5, 5.41) is 12.7. The van der Waals surface area contributed by atoms with Gasteiger partial charge in [0, 0.05) is 6.42 Å². The number of alkyl halides is 1. The molecule has 0 bridgehead atoms. The maximum absolute atomic E-state index is 14.5. The van der Waals surface area contributed by atoms with E-state index in [9.17, 15) is 19.1 Å². The summed E-state index contributed by atoms with van der Waals surface area (Å²) in [6.45, 7) is 5.81. The number of amides is 1. The van der Waals surface area contributed by atoms with Gasteiger partial charge in [-0.3, -0.25) is 4.79 Å². The lowest BCUT2D eigenvalue weighted by Gasteiger charge is -2.25. The quantitative estimate of drug-likeness (QED) is 0.194. The largest absolute Gasteiger partial charge is 0.464 e. The molecule has 0 aliphatic carbocycles. The normalized spacial score (nSPS) is 14.2. The van der Waals surface area contributed by atoms with E-state index < -0.39 is 24.3 Å². The Balaban J connectivity index is 4.03. The summed E-state index contributed by atoms with van der Waals surface area (Å²) in [5.74, 6) is -1.17. The molecule has 0 aromatic carbocycles. The van der Waals surface area contributed by atoms with Crippen LogP contribution < -0.4 is 5.32 Å². The SMILES string of the molecule is CCCCCCCCCCCCCC[C@H](F)[C@H](O)[C@H](NC(=O)CCC)C(=O)OCC. The van der Waals surface area contributed by atoms with E-state index in [2.05, 4.69) is 12.2 Å². The van der Waals surface area contributed by atoms with Crippen molar-refractivity contribution in [3.63, 3.8) is 0 Å². The summed E-state index contributed by atoms with van der Waals surface area (Å²) in [6.07, 6.45) is 12.1. The number of nitrogens with one attached hydrogen (secondary N) is 1. The Hall–Kier alpha value is -1.17. The Bertz CT molecular complexity index is 433. The molecule has 0 saturated heterocycles. The molecule has 5 nitrogen and oxygen atoms in total. The molecule has 0 aromatic rings. The number of esters is 1. The molecule has 0 rings (SSSR count). The number of carbonyl (C=O) groups is 2. The van der Waals surface area contributed by atoms with Crippen LogP contribution in [0.25, 0.3) is 0 Å². The van der Waals surface area contributed by atoms with Crippen LogP contribution in [-0.4, -0.2) is 41.9 Å². The van der Waals surface area contributed by atoms with Crippen molar-refractivity contribution in [2.75, 3.05) is 6.61 Å². The summed E-state index contributed by atoms with van der Waals surface area (Å²) in [7, 11) is 0. The Kier molecular flexibility index (Phi) is 19.0. The number of unbranched alkanes of at least 4 members (excludes halogenated alkanes) is 11. The molecule has 0 heterocycles. The maximum atomic E-state index is 14.5. The lowest BCUT2D eigenvalue weighted by Crippen LogP contribution is -2.52. The lowest BCUT2D eigenvalue weighted by molar-refractivity contribution is -0.152. The molecular formula is C24H46FNO4. The van der Waals surface area contributed by atoms with E-state index in [0.717, 1.165) is 19.3 Å². The van der Waals surface area contributed by atoms with Crippen LogP contribution >= 0.6 is 0 Å². The summed E-state index contributed by atoms with van der Waals surface area (Å²) in [5.41, 5.74) is 0. The molecule has 178 valence electrons. The minimum absolute atomic E-state index is 0.112. The molecule has 6 heteroatoms. The molecular weight excluding hydrogens is 385 g/mol. The van der Waals surface area contributed by atoms with Crippen molar-refractivity contribution in [3.8, 4) is 0 Å². The molecule has 0 aliphatic rings. The first-order valence-electron chi connectivity index (χ1n) is 12.3. The zero-order chi connectivity index (χ0) is 22.6. The maximum Gasteiger partial charge on any atom is 0.331 e. The van der Waals surface area contributed by atoms with Crippen LogP contribution in [0.1, 0.15) is 117 Å². The molecule has 0 aromatic heterocycles. The standard InChI is InChI=1S/C24H46FNO4/c1-4-7-8-9-10-11-12-13-14-15-16-17-19-20(25)23(28)22(24(29)30-6-3)26-21(27)18-5-2/h20,22-23,28H,4-19H2,1-3H3,(H,26,27)/t20-,22-,23-/m0/s1. The van der Waals surface area contributed by atoms with Gasteiger partial charge in [-0.2, -0.15) is 0 Å². The zero-order valence-electron chi connectivity index (χ0n) is 19.6. The molecule has 0 unspecified atom stereocenters. The van der Waals surface area contributed by atoms with Crippen LogP contribution in [0.4, 0.5) is 4.39 Å². The molecule has 1 amide bonds. The number of hydrogen-bond acceptors (Lipinski definition) is 4.